The highest BCUT2D eigenvalue weighted by molar-refractivity contribution is 5.85. The number of hydrogen-bond acceptors (Lipinski definition) is 2. The molecule has 1 heterocycles. The molecule has 0 saturated heterocycles. The maximum atomic E-state index is 5.54. The summed E-state index contributed by atoms with van der Waals surface area (Å²) in [6.45, 7) is 0. The van der Waals surface area contributed by atoms with E-state index in [-0.39, 0.29) is 12.4 Å². The number of fused-ring (bicyclic) bond motifs is 1. The third kappa shape index (κ3) is 1.30. The van der Waals surface area contributed by atoms with Gasteiger partial charge in [-0.25, -0.2) is 0 Å². The minimum Gasteiger partial charge on any atom is -0.464 e. The van der Waals surface area contributed by atoms with Gasteiger partial charge in [-0.2, -0.15) is 0 Å². The van der Waals surface area contributed by atoms with Crippen LogP contribution < -0.4 is 5.73 Å². The lowest BCUT2D eigenvalue weighted by Crippen LogP contribution is -1.80. The average molecular weight is 170 g/mol. The third-order valence-corrected chi connectivity index (χ3v) is 1.48. The standard InChI is InChI=1S/C8H7NO.ClH/c9-7-1-2-8-6(5-7)3-4-10-8;/h1-5H,9H2;1H. The van der Waals surface area contributed by atoms with E-state index in [4.69, 9.17) is 10.2 Å². The number of halogens is 1. The summed E-state index contributed by atoms with van der Waals surface area (Å²) in [5, 5.41) is 1.06. The Bertz CT molecular complexity index is 356. The van der Waals surface area contributed by atoms with Gasteiger partial charge in [0.1, 0.15) is 5.58 Å². The van der Waals surface area contributed by atoms with E-state index < -0.39 is 0 Å². The number of hydrogen-bond donors (Lipinski definition) is 1. The first-order chi connectivity index (χ1) is 4.86. The molecule has 0 aliphatic heterocycles. The zero-order valence-electron chi connectivity index (χ0n) is 5.78. The molecule has 2 aromatic rings. The number of furan rings is 1. The largest absolute Gasteiger partial charge is 0.464 e. The molecule has 58 valence electrons. The van der Waals surface area contributed by atoms with Crippen LogP contribution in [0.5, 0.6) is 0 Å². The summed E-state index contributed by atoms with van der Waals surface area (Å²) in [4.78, 5) is 0. The molecule has 0 fully saturated rings. The van der Waals surface area contributed by atoms with Gasteiger partial charge in [-0.05, 0) is 24.3 Å². The van der Waals surface area contributed by atoms with Crippen molar-refractivity contribution >= 4 is 29.1 Å². The summed E-state index contributed by atoms with van der Waals surface area (Å²) in [5.41, 5.74) is 7.20. The van der Waals surface area contributed by atoms with Gasteiger partial charge in [0, 0.05) is 11.1 Å². The van der Waals surface area contributed by atoms with Gasteiger partial charge in [-0.3, -0.25) is 0 Å². The molecule has 0 spiro atoms. The predicted octanol–water partition coefficient (Wildman–Crippen LogP) is 2.44. The van der Waals surface area contributed by atoms with Crippen molar-refractivity contribution in [1.29, 1.82) is 0 Å². The Hall–Kier alpha value is -1.15. The van der Waals surface area contributed by atoms with Crippen molar-refractivity contribution in [3.63, 3.8) is 0 Å². The Morgan fingerprint density at radius 2 is 2.00 bits per heavy atom. The first kappa shape index (κ1) is 7.95. The van der Waals surface area contributed by atoms with E-state index in [1.165, 1.54) is 0 Å². The molecule has 2 rings (SSSR count). The van der Waals surface area contributed by atoms with Crippen LogP contribution in [-0.2, 0) is 0 Å². The van der Waals surface area contributed by atoms with Gasteiger partial charge in [-0.1, -0.05) is 0 Å². The lowest BCUT2D eigenvalue weighted by atomic mass is 10.2. The molecular weight excluding hydrogens is 162 g/mol. The van der Waals surface area contributed by atoms with Gasteiger partial charge >= 0.3 is 0 Å². The van der Waals surface area contributed by atoms with E-state index in [0.717, 1.165) is 16.7 Å². The van der Waals surface area contributed by atoms with Gasteiger partial charge in [0.25, 0.3) is 0 Å². The van der Waals surface area contributed by atoms with E-state index in [1.54, 1.807) is 6.26 Å². The van der Waals surface area contributed by atoms with Crippen LogP contribution in [0.1, 0.15) is 0 Å². The summed E-state index contributed by atoms with van der Waals surface area (Å²) in [7, 11) is 0. The predicted molar refractivity (Wildman–Crippen MR) is 47.9 cm³/mol. The molecule has 0 aliphatic carbocycles. The van der Waals surface area contributed by atoms with E-state index in [2.05, 4.69) is 0 Å². The Morgan fingerprint density at radius 3 is 2.82 bits per heavy atom. The maximum Gasteiger partial charge on any atom is 0.133 e. The highest BCUT2D eigenvalue weighted by atomic mass is 35.5. The number of nitrogen functional groups attached to an aromatic ring is 1. The van der Waals surface area contributed by atoms with E-state index in [1.807, 2.05) is 24.3 Å². The number of benzene rings is 1. The zero-order chi connectivity index (χ0) is 6.97. The average Bonchev–Trinajstić information content (AvgIpc) is 2.33. The summed E-state index contributed by atoms with van der Waals surface area (Å²) in [6, 6.07) is 7.47. The first-order valence-corrected chi connectivity index (χ1v) is 3.09. The molecule has 2 N–H and O–H groups in total. The molecule has 0 atom stereocenters. The monoisotopic (exact) mass is 169 g/mol. The molecule has 0 bridgehead atoms. The fourth-order valence-corrected chi connectivity index (χ4v) is 0.985. The van der Waals surface area contributed by atoms with Crippen molar-refractivity contribution in [2.75, 3.05) is 5.73 Å². The highest BCUT2D eigenvalue weighted by Crippen LogP contribution is 2.17. The Kier molecular flexibility index (Phi) is 2.06. The molecule has 1 aromatic carbocycles. The molecule has 1 aromatic heterocycles. The molecule has 0 radical (unpaired) electrons. The smallest absolute Gasteiger partial charge is 0.133 e. The normalized spacial score (nSPS) is 9.45. The van der Waals surface area contributed by atoms with E-state index >= 15 is 0 Å². The molecule has 0 aliphatic rings. The van der Waals surface area contributed by atoms with Crippen LogP contribution in [0.2, 0.25) is 0 Å². The second kappa shape index (κ2) is 2.84. The van der Waals surface area contributed by atoms with Crippen LogP contribution in [-0.4, -0.2) is 0 Å². The van der Waals surface area contributed by atoms with Crippen LogP contribution in [0.4, 0.5) is 5.69 Å². The second-order valence-corrected chi connectivity index (χ2v) is 2.22. The highest BCUT2D eigenvalue weighted by Gasteiger charge is 1.93. The first-order valence-electron chi connectivity index (χ1n) is 3.09. The van der Waals surface area contributed by atoms with Gasteiger partial charge in [0.2, 0.25) is 0 Å². The van der Waals surface area contributed by atoms with Crippen LogP contribution in [0.3, 0.4) is 0 Å². The fraction of sp³-hybridized carbons (Fsp3) is 0. The lowest BCUT2D eigenvalue weighted by Gasteiger charge is -1.89. The molecule has 0 unspecified atom stereocenters. The molecule has 0 amide bonds. The van der Waals surface area contributed by atoms with Gasteiger partial charge in [0.15, 0.2) is 0 Å². The van der Waals surface area contributed by atoms with Crippen LogP contribution in [0.15, 0.2) is 34.9 Å². The van der Waals surface area contributed by atoms with Crippen LogP contribution in [0.25, 0.3) is 11.0 Å². The zero-order valence-corrected chi connectivity index (χ0v) is 6.60. The van der Waals surface area contributed by atoms with Crippen LogP contribution in [0, 0.1) is 0 Å². The second-order valence-electron chi connectivity index (χ2n) is 2.22. The molecular formula is C8H8ClNO. The Balaban J connectivity index is 0.000000605. The molecule has 3 heteroatoms. The topological polar surface area (TPSA) is 39.2 Å². The summed E-state index contributed by atoms with van der Waals surface area (Å²) in [6.07, 6.45) is 1.66. The Labute approximate surface area is 70.4 Å². The number of anilines is 1. The summed E-state index contributed by atoms with van der Waals surface area (Å²) >= 11 is 0. The minimum absolute atomic E-state index is 0. The van der Waals surface area contributed by atoms with Crippen LogP contribution >= 0.6 is 12.4 Å². The molecule has 2 nitrogen and oxygen atoms in total. The van der Waals surface area contributed by atoms with E-state index in [0.29, 0.717) is 0 Å². The number of nitrogens with two attached hydrogens (primary N) is 1. The fourth-order valence-electron chi connectivity index (χ4n) is 0.985. The molecule has 0 saturated carbocycles. The van der Waals surface area contributed by atoms with Gasteiger partial charge in [-0.15, -0.1) is 12.4 Å². The summed E-state index contributed by atoms with van der Waals surface area (Å²) in [5.74, 6) is 0. The van der Waals surface area contributed by atoms with E-state index in [9.17, 15) is 0 Å². The lowest BCUT2D eigenvalue weighted by molar-refractivity contribution is 0.616. The van der Waals surface area contributed by atoms with Crippen molar-refractivity contribution < 1.29 is 4.42 Å². The van der Waals surface area contributed by atoms with Crippen molar-refractivity contribution in [1.82, 2.24) is 0 Å². The Morgan fingerprint density at radius 1 is 1.18 bits per heavy atom. The van der Waals surface area contributed by atoms with Gasteiger partial charge in [0.05, 0.1) is 6.26 Å². The maximum absolute atomic E-state index is 5.54. The third-order valence-electron chi connectivity index (χ3n) is 1.48. The summed E-state index contributed by atoms with van der Waals surface area (Å²) < 4.78 is 5.12. The van der Waals surface area contributed by atoms with Crippen molar-refractivity contribution in [3.8, 4) is 0 Å². The van der Waals surface area contributed by atoms with Crippen molar-refractivity contribution in [2.24, 2.45) is 0 Å². The number of rotatable bonds is 0. The van der Waals surface area contributed by atoms with Crippen molar-refractivity contribution in [2.45, 2.75) is 0 Å². The minimum atomic E-state index is 0. The van der Waals surface area contributed by atoms with Crippen molar-refractivity contribution in [3.05, 3.63) is 30.5 Å². The SMILES string of the molecule is Cl.Nc1ccc2occc2c1. The quantitative estimate of drug-likeness (QED) is 0.616. The van der Waals surface area contributed by atoms with Gasteiger partial charge < -0.3 is 10.2 Å². The molecule has 11 heavy (non-hydrogen) atoms.